The number of nitrogens with two attached hydrogens (primary N) is 1. The first-order chi connectivity index (χ1) is 8.34. The first-order valence-corrected chi connectivity index (χ1v) is 7.08. The van der Waals surface area contributed by atoms with Gasteiger partial charge in [-0.15, -0.1) is 0 Å². The number of amides is 1. The van der Waals surface area contributed by atoms with Crippen LogP contribution >= 0.6 is 0 Å². The Morgan fingerprint density at radius 2 is 2.06 bits per heavy atom. The minimum absolute atomic E-state index is 0.0703. The zero-order valence-electron chi connectivity index (χ0n) is 12.3. The SMILES string of the molecule is CC(CC(=O)NN)N1CCCC(C(C)(C)C)CC1. The fraction of sp³-hybridized carbons (Fsp3) is 0.929. The van der Waals surface area contributed by atoms with Crippen molar-refractivity contribution in [3.05, 3.63) is 0 Å². The second-order valence-corrected chi connectivity index (χ2v) is 6.65. The number of hydrogen-bond donors (Lipinski definition) is 2. The van der Waals surface area contributed by atoms with Gasteiger partial charge in [0.15, 0.2) is 0 Å². The van der Waals surface area contributed by atoms with Crippen molar-refractivity contribution in [3.63, 3.8) is 0 Å². The lowest BCUT2D eigenvalue weighted by Gasteiger charge is -2.30. The Bertz CT molecular complexity index is 273. The summed E-state index contributed by atoms with van der Waals surface area (Å²) in [5.74, 6) is 5.86. The van der Waals surface area contributed by atoms with Crippen molar-refractivity contribution in [2.75, 3.05) is 13.1 Å². The minimum Gasteiger partial charge on any atom is -0.300 e. The summed E-state index contributed by atoms with van der Waals surface area (Å²) in [7, 11) is 0. The van der Waals surface area contributed by atoms with Crippen molar-refractivity contribution in [1.82, 2.24) is 10.3 Å². The fourth-order valence-electron chi connectivity index (χ4n) is 2.88. The molecule has 0 aliphatic carbocycles. The molecule has 106 valence electrons. The molecule has 1 aliphatic rings. The standard InChI is InChI=1S/C14H29N3O/c1-11(10-13(18)16-15)17-8-5-6-12(7-9-17)14(2,3)4/h11-12H,5-10,15H2,1-4H3,(H,16,18). The summed E-state index contributed by atoms with van der Waals surface area (Å²) >= 11 is 0. The Balaban J connectivity index is 2.49. The van der Waals surface area contributed by atoms with E-state index in [9.17, 15) is 4.79 Å². The lowest BCUT2D eigenvalue weighted by molar-refractivity contribution is -0.122. The molecule has 0 saturated carbocycles. The van der Waals surface area contributed by atoms with Gasteiger partial charge in [0.2, 0.25) is 5.91 Å². The van der Waals surface area contributed by atoms with E-state index in [2.05, 4.69) is 38.0 Å². The molecule has 2 atom stereocenters. The highest BCUT2D eigenvalue weighted by Crippen LogP contribution is 2.34. The second kappa shape index (κ2) is 6.53. The first kappa shape index (κ1) is 15.4. The van der Waals surface area contributed by atoms with Crippen LogP contribution in [-0.2, 0) is 4.79 Å². The summed E-state index contributed by atoms with van der Waals surface area (Å²) in [5, 5.41) is 0. The number of carbonyl (C=O) groups excluding carboxylic acids is 1. The predicted octanol–water partition coefficient (Wildman–Crippen LogP) is 1.90. The topological polar surface area (TPSA) is 58.4 Å². The van der Waals surface area contributed by atoms with E-state index in [0.717, 1.165) is 19.0 Å². The van der Waals surface area contributed by atoms with E-state index in [1.54, 1.807) is 0 Å². The third-order valence-corrected chi connectivity index (χ3v) is 4.25. The largest absolute Gasteiger partial charge is 0.300 e. The average molecular weight is 255 g/mol. The molecule has 1 aliphatic heterocycles. The summed E-state index contributed by atoms with van der Waals surface area (Å²) < 4.78 is 0. The molecule has 0 bridgehead atoms. The van der Waals surface area contributed by atoms with Crippen molar-refractivity contribution in [3.8, 4) is 0 Å². The van der Waals surface area contributed by atoms with E-state index < -0.39 is 0 Å². The first-order valence-electron chi connectivity index (χ1n) is 7.08. The lowest BCUT2D eigenvalue weighted by atomic mass is 9.77. The monoisotopic (exact) mass is 255 g/mol. The molecule has 18 heavy (non-hydrogen) atoms. The van der Waals surface area contributed by atoms with E-state index in [4.69, 9.17) is 5.84 Å². The van der Waals surface area contributed by atoms with Crippen LogP contribution in [0.15, 0.2) is 0 Å². The average Bonchev–Trinajstić information content (AvgIpc) is 2.53. The zero-order chi connectivity index (χ0) is 13.8. The molecule has 3 N–H and O–H groups in total. The van der Waals surface area contributed by atoms with Crippen LogP contribution in [0.2, 0.25) is 0 Å². The Morgan fingerprint density at radius 1 is 1.39 bits per heavy atom. The highest BCUT2D eigenvalue weighted by Gasteiger charge is 2.28. The fourth-order valence-corrected chi connectivity index (χ4v) is 2.88. The summed E-state index contributed by atoms with van der Waals surface area (Å²) in [4.78, 5) is 13.7. The minimum atomic E-state index is -0.0703. The quantitative estimate of drug-likeness (QED) is 0.460. The number of hydrazine groups is 1. The molecule has 1 saturated heterocycles. The summed E-state index contributed by atoms with van der Waals surface area (Å²) in [5.41, 5.74) is 2.61. The lowest BCUT2D eigenvalue weighted by Crippen LogP contribution is -2.40. The number of hydrogen-bond acceptors (Lipinski definition) is 3. The Kier molecular flexibility index (Phi) is 5.60. The van der Waals surface area contributed by atoms with Crippen LogP contribution in [0, 0.1) is 11.3 Å². The van der Waals surface area contributed by atoms with Crippen molar-refractivity contribution in [2.24, 2.45) is 17.2 Å². The molecule has 1 heterocycles. The van der Waals surface area contributed by atoms with Gasteiger partial charge in [-0.3, -0.25) is 10.2 Å². The van der Waals surface area contributed by atoms with Crippen LogP contribution in [0.4, 0.5) is 0 Å². The molecule has 0 aromatic rings. The third-order valence-electron chi connectivity index (χ3n) is 4.25. The maximum absolute atomic E-state index is 11.3. The molecule has 0 spiro atoms. The van der Waals surface area contributed by atoms with Gasteiger partial charge in [0.25, 0.3) is 0 Å². The predicted molar refractivity (Wildman–Crippen MR) is 74.8 cm³/mol. The van der Waals surface area contributed by atoms with Gasteiger partial charge in [-0.25, -0.2) is 5.84 Å². The highest BCUT2D eigenvalue weighted by molar-refractivity contribution is 5.75. The van der Waals surface area contributed by atoms with Crippen molar-refractivity contribution < 1.29 is 4.79 Å². The number of nitrogens with one attached hydrogen (secondary N) is 1. The van der Waals surface area contributed by atoms with Crippen LogP contribution in [0.3, 0.4) is 0 Å². The Morgan fingerprint density at radius 3 is 2.61 bits per heavy atom. The summed E-state index contributed by atoms with van der Waals surface area (Å²) in [6.07, 6.45) is 4.26. The van der Waals surface area contributed by atoms with E-state index in [1.807, 2.05) is 0 Å². The van der Waals surface area contributed by atoms with E-state index in [-0.39, 0.29) is 11.9 Å². The molecular formula is C14H29N3O. The number of rotatable bonds is 3. The molecule has 2 unspecified atom stereocenters. The van der Waals surface area contributed by atoms with Gasteiger partial charge in [-0.1, -0.05) is 20.8 Å². The smallest absolute Gasteiger partial charge is 0.235 e. The van der Waals surface area contributed by atoms with Crippen molar-refractivity contribution in [1.29, 1.82) is 0 Å². The normalized spacial score (nSPS) is 24.4. The van der Waals surface area contributed by atoms with E-state index >= 15 is 0 Å². The molecule has 4 heteroatoms. The maximum Gasteiger partial charge on any atom is 0.235 e. The van der Waals surface area contributed by atoms with Crippen LogP contribution in [0.1, 0.15) is 53.4 Å². The van der Waals surface area contributed by atoms with Crippen LogP contribution in [-0.4, -0.2) is 29.9 Å². The van der Waals surface area contributed by atoms with E-state index in [1.165, 1.54) is 19.3 Å². The molecule has 1 fully saturated rings. The van der Waals surface area contributed by atoms with Crippen LogP contribution in [0.25, 0.3) is 0 Å². The second-order valence-electron chi connectivity index (χ2n) is 6.65. The van der Waals surface area contributed by atoms with Gasteiger partial charge in [-0.2, -0.15) is 0 Å². The van der Waals surface area contributed by atoms with Gasteiger partial charge < -0.3 is 4.90 Å². The van der Waals surface area contributed by atoms with Gasteiger partial charge in [0.1, 0.15) is 0 Å². The molecule has 0 aromatic heterocycles. The van der Waals surface area contributed by atoms with Crippen molar-refractivity contribution >= 4 is 5.91 Å². The Labute approximate surface area is 111 Å². The maximum atomic E-state index is 11.3. The van der Waals surface area contributed by atoms with E-state index in [0.29, 0.717) is 11.8 Å². The number of nitrogens with zero attached hydrogens (tertiary/aromatic N) is 1. The number of likely N-dealkylation sites (tertiary alicyclic amines) is 1. The molecule has 1 rings (SSSR count). The molecule has 0 aromatic carbocycles. The number of carbonyl (C=O) groups is 1. The molecule has 4 nitrogen and oxygen atoms in total. The van der Waals surface area contributed by atoms with Gasteiger partial charge in [0, 0.05) is 12.5 Å². The van der Waals surface area contributed by atoms with Gasteiger partial charge >= 0.3 is 0 Å². The van der Waals surface area contributed by atoms with Crippen molar-refractivity contribution in [2.45, 2.75) is 59.4 Å². The summed E-state index contributed by atoms with van der Waals surface area (Å²) in [6.45, 7) is 11.3. The van der Waals surface area contributed by atoms with Crippen LogP contribution < -0.4 is 11.3 Å². The third kappa shape index (κ3) is 4.58. The summed E-state index contributed by atoms with van der Waals surface area (Å²) in [6, 6.07) is 0.285. The highest BCUT2D eigenvalue weighted by atomic mass is 16.2. The molecule has 0 radical (unpaired) electrons. The molecule has 1 amide bonds. The zero-order valence-corrected chi connectivity index (χ0v) is 12.3. The van der Waals surface area contributed by atoms with Gasteiger partial charge in [0.05, 0.1) is 0 Å². The van der Waals surface area contributed by atoms with Crippen LogP contribution in [0.5, 0.6) is 0 Å². The Hall–Kier alpha value is -0.610. The molecular weight excluding hydrogens is 226 g/mol. The van der Waals surface area contributed by atoms with Gasteiger partial charge in [-0.05, 0) is 50.6 Å².